The largest absolute Gasteiger partial charge is 0.493 e. The standard InChI is InChI=1S/C22H35N3O4/c1-23-21(25-15-22(9-11-26)10-12-28-16-22)24-14-17-7-8-19(27-2)20(13-17)29-18-5-3-4-6-18/h7-8,13,18,26H,3-6,9-12,14-16H2,1-2H3,(H2,23,24,25). The number of ether oxygens (including phenoxy) is 3. The molecule has 29 heavy (non-hydrogen) atoms. The average molecular weight is 406 g/mol. The first-order chi connectivity index (χ1) is 14.2. The molecule has 2 fully saturated rings. The summed E-state index contributed by atoms with van der Waals surface area (Å²) < 4.78 is 17.2. The molecule has 3 N–H and O–H groups in total. The van der Waals surface area contributed by atoms with E-state index in [2.05, 4.69) is 21.7 Å². The molecule has 0 aromatic heterocycles. The highest BCUT2D eigenvalue weighted by atomic mass is 16.5. The molecule has 162 valence electrons. The Balaban J connectivity index is 1.55. The van der Waals surface area contributed by atoms with Crippen molar-refractivity contribution < 1.29 is 19.3 Å². The van der Waals surface area contributed by atoms with Crippen molar-refractivity contribution in [1.29, 1.82) is 0 Å². The SMILES string of the molecule is CN=C(NCc1ccc(OC)c(OC2CCCC2)c1)NCC1(CCO)CCOC1. The molecule has 1 heterocycles. The molecule has 1 aromatic carbocycles. The highest BCUT2D eigenvalue weighted by Gasteiger charge is 2.34. The zero-order valence-corrected chi connectivity index (χ0v) is 17.7. The van der Waals surface area contributed by atoms with Gasteiger partial charge < -0.3 is 30.0 Å². The van der Waals surface area contributed by atoms with Gasteiger partial charge in [-0.15, -0.1) is 0 Å². The minimum atomic E-state index is -0.0191. The Morgan fingerprint density at radius 1 is 1.28 bits per heavy atom. The van der Waals surface area contributed by atoms with Crippen LogP contribution in [-0.2, 0) is 11.3 Å². The molecule has 1 atom stereocenters. The Morgan fingerprint density at radius 2 is 2.10 bits per heavy atom. The van der Waals surface area contributed by atoms with Crippen LogP contribution in [0.25, 0.3) is 0 Å². The van der Waals surface area contributed by atoms with Crippen LogP contribution < -0.4 is 20.1 Å². The van der Waals surface area contributed by atoms with E-state index in [1.165, 1.54) is 12.8 Å². The molecule has 1 unspecified atom stereocenters. The van der Waals surface area contributed by atoms with Gasteiger partial charge in [0.2, 0.25) is 0 Å². The zero-order valence-electron chi connectivity index (χ0n) is 17.7. The van der Waals surface area contributed by atoms with Gasteiger partial charge in [0.15, 0.2) is 17.5 Å². The molecule has 1 saturated heterocycles. The molecule has 1 aromatic rings. The van der Waals surface area contributed by atoms with Gasteiger partial charge in [-0.25, -0.2) is 0 Å². The van der Waals surface area contributed by atoms with E-state index in [1.807, 2.05) is 12.1 Å². The third kappa shape index (κ3) is 6.00. The second-order valence-electron chi connectivity index (χ2n) is 8.07. The number of benzene rings is 1. The lowest BCUT2D eigenvalue weighted by Gasteiger charge is -2.27. The number of hydrogen-bond donors (Lipinski definition) is 3. The van der Waals surface area contributed by atoms with E-state index in [1.54, 1.807) is 14.2 Å². The predicted molar refractivity (Wildman–Crippen MR) is 114 cm³/mol. The Morgan fingerprint density at radius 3 is 2.76 bits per heavy atom. The zero-order chi connectivity index (χ0) is 20.5. The van der Waals surface area contributed by atoms with Crippen LogP contribution >= 0.6 is 0 Å². The van der Waals surface area contributed by atoms with Gasteiger partial charge in [0.25, 0.3) is 0 Å². The van der Waals surface area contributed by atoms with Crippen molar-refractivity contribution in [3.8, 4) is 11.5 Å². The van der Waals surface area contributed by atoms with Crippen molar-refractivity contribution >= 4 is 5.96 Å². The van der Waals surface area contributed by atoms with Crippen LogP contribution in [0.15, 0.2) is 23.2 Å². The molecule has 0 radical (unpaired) electrons. The summed E-state index contributed by atoms with van der Waals surface area (Å²) in [6.45, 7) is 2.97. The normalized spacial score (nSPS) is 22.7. The summed E-state index contributed by atoms with van der Waals surface area (Å²) in [4.78, 5) is 4.33. The second kappa shape index (κ2) is 10.7. The summed E-state index contributed by atoms with van der Waals surface area (Å²) in [5, 5.41) is 16.1. The van der Waals surface area contributed by atoms with Gasteiger partial charge in [-0.05, 0) is 56.2 Å². The molecule has 7 heteroatoms. The Bertz CT molecular complexity index is 668. The minimum Gasteiger partial charge on any atom is -0.493 e. The van der Waals surface area contributed by atoms with Crippen LogP contribution in [0.1, 0.15) is 44.1 Å². The number of guanidine groups is 1. The molecule has 0 bridgehead atoms. The monoisotopic (exact) mass is 405 g/mol. The van der Waals surface area contributed by atoms with Crippen LogP contribution in [0.2, 0.25) is 0 Å². The van der Waals surface area contributed by atoms with Crippen LogP contribution in [-0.4, -0.2) is 57.7 Å². The molecule has 1 aliphatic heterocycles. The van der Waals surface area contributed by atoms with Gasteiger partial charge in [-0.3, -0.25) is 4.99 Å². The molecule has 2 aliphatic rings. The quantitative estimate of drug-likeness (QED) is 0.432. The van der Waals surface area contributed by atoms with E-state index in [9.17, 15) is 5.11 Å². The maximum atomic E-state index is 9.39. The van der Waals surface area contributed by atoms with Crippen molar-refractivity contribution in [3.63, 3.8) is 0 Å². The molecule has 7 nitrogen and oxygen atoms in total. The van der Waals surface area contributed by atoms with Crippen molar-refractivity contribution in [2.45, 2.75) is 51.2 Å². The lowest BCUT2D eigenvalue weighted by atomic mass is 9.84. The number of nitrogens with one attached hydrogen (secondary N) is 2. The first-order valence-corrected chi connectivity index (χ1v) is 10.6. The molecule has 3 rings (SSSR count). The van der Waals surface area contributed by atoms with Gasteiger partial charge in [0.1, 0.15) is 0 Å². The van der Waals surface area contributed by atoms with Crippen LogP contribution in [0.4, 0.5) is 0 Å². The first kappa shape index (κ1) is 21.7. The molecule has 0 amide bonds. The fourth-order valence-corrected chi connectivity index (χ4v) is 4.10. The van der Waals surface area contributed by atoms with Crippen molar-refractivity contribution in [3.05, 3.63) is 23.8 Å². The highest BCUT2D eigenvalue weighted by molar-refractivity contribution is 5.79. The maximum Gasteiger partial charge on any atom is 0.191 e. The first-order valence-electron chi connectivity index (χ1n) is 10.6. The summed E-state index contributed by atoms with van der Waals surface area (Å²) in [6, 6.07) is 6.05. The lowest BCUT2D eigenvalue weighted by Crippen LogP contribution is -2.44. The molecule has 1 aliphatic carbocycles. The summed E-state index contributed by atoms with van der Waals surface area (Å²) in [5.74, 6) is 2.32. The van der Waals surface area contributed by atoms with Gasteiger partial charge >= 0.3 is 0 Å². The van der Waals surface area contributed by atoms with Gasteiger partial charge in [0, 0.05) is 38.8 Å². The van der Waals surface area contributed by atoms with E-state index >= 15 is 0 Å². The Hall–Kier alpha value is -1.99. The van der Waals surface area contributed by atoms with E-state index in [0.29, 0.717) is 13.2 Å². The topological polar surface area (TPSA) is 84.3 Å². The summed E-state index contributed by atoms with van der Waals surface area (Å²) >= 11 is 0. The van der Waals surface area contributed by atoms with Gasteiger partial charge in [0.05, 0.1) is 19.8 Å². The number of rotatable bonds is 9. The predicted octanol–water partition coefficient (Wildman–Crippen LogP) is 2.47. The Kier molecular flexibility index (Phi) is 8.00. The Labute approximate surface area is 173 Å². The maximum absolute atomic E-state index is 9.39. The third-order valence-corrected chi connectivity index (χ3v) is 5.97. The average Bonchev–Trinajstić information content (AvgIpc) is 3.41. The second-order valence-corrected chi connectivity index (χ2v) is 8.07. The third-order valence-electron chi connectivity index (χ3n) is 5.97. The van der Waals surface area contributed by atoms with Crippen molar-refractivity contribution in [2.24, 2.45) is 10.4 Å². The lowest BCUT2D eigenvalue weighted by molar-refractivity contribution is 0.127. The molecule has 1 saturated carbocycles. The van der Waals surface area contributed by atoms with E-state index < -0.39 is 0 Å². The van der Waals surface area contributed by atoms with Crippen LogP contribution in [0, 0.1) is 5.41 Å². The van der Waals surface area contributed by atoms with Crippen LogP contribution in [0.3, 0.4) is 0 Å². The highest BCUT2D eigenvalue weighted by Crippen LogP contribution is 2.33. The fraction of sp³-hybridized carbons (Fsp3) is 0.682. The number of aliphatic hydroxyl groups is 1. The number of nitrogens with zero attached hydrogens (tertiary/aromatic N) is 1. The summed E-state index contributed by atoms with van der Waals surface area (Å²) in [6.07, 6.45) is 6.67. The number of methoxy groups -OCH3 is 1. The minimum absolute atomic E-state index is 0.0191. The van der Waals surface area contributed by atoms with Crippen LogP contribution in [0.5, 0.6) is 11.5 Å². The summed E-state index contributed by atoms with van der Waals surface area (Å²) in [5.41, 5.74) is 1.09. The van der Waals surface area contributed by atoms with Crippen molar-refractivity contribution in [1.82, 2.24) is 10.6 Å². The van der Waals surface area contributed by atoms with Gasteiger partial charge in [-0.1, -0.05) is 6.07 Å². The molecular formula is C22H35N3O4. The molecular weight excluding hydrogens is 370 g/mol. The smallest absolute Gasteiger partial charge is 0.191 e. The fourth-order valence-electron chi connectivity index (χ4n) is 4.10. The summed E-state index contributed by atoms with van der Waals surface area (Å²) in [7, 11) is 3.44. The van der Waals surface area contributed by atoms with Gasteiger partial charge in [-0.2, -0.15) is 0 Å². The molecule has 0 spiro atoms. The number of hydrogen-bond acceptors (Lipinski definition) is 5. The number of aliphatic hydroxyl groups excluding tert-OH is 1. The van der Waals surface area contributed by atoms with Crippen molar-refractivity contribution in [2.75, 3.05) is 40.5 Å². The van der Waals surface area contributed by atoms with E-state index in [-0.39, 0.29) is 18.1 Å². The van der Waals surface area contributed by atoms with E-state index in [4.69, 9.17) is 14.2 Å². The number of aliphatic imine (C=N–C) groups is 1. The van der Waals surface area contributed by atoms with E-state index in [0.717, 1.165) is 61.9 Å².